The van der Waals surface area contributed by atoms with Crippen LogP contribution >= 0.6 is 0 Å². The van der Waals surface area contributed by atoms with E-state index in [-0.39, 0.29) is 10.8 Å². The number of benzene rings is 4. The molecule has 48 heavy (non-hydrogen) atoms. The first-order valence-corrected chi connectivity index (χ1v) is 22.0. The molecule has 0 amide bonds. The monoisotopic (exact) mass is 652 g/mol. The topological polar surface area (TPSA) is 0 Å². The van der Waals surface area contributed by atoms with Crippen molar-refractivity contribution in [1.29, 1.82) is 0 Å². The summed E-state index contributed by atoms with van der Waals surface area (Å²) in [5.41, 5.74) is 18.0. The molecule has 0 aromatic heterocycles. The maximum absolute atomic E-state index is 2.91. The summed E-state index contributed by atoms with van der Waals surface area (Å²) in [5, 5.41) is 0. The fraction of sp³-hybridized carbons (Fsp3) is 0.489. The van der Waals surface area contributed by atoms with Gasteiger partial charge in [0, 0.05) is 0 Å². The highest BCUT2D eigenvalue weighted by atomic mass is 28.3. The minimum absolute atomic E-state index is 0.175. The van der Waals surface area contributed by atoms with Crippen LogP contribution in [0.3, 0.4) is 0 Å². The Labute approximate surface area is 293 Å². The molecule has 0 radical (unpaired) electrons. The van der Waals surface area contributed by atoms with Crippen LogP contribution in [0.2, 0.25) is 12.1 Å². The molecule has 7 rings (SSSR count). The summed E-state index contributed by atoms with van der Waals surface area (Å²) in [6.45, 7) is 22.1. The second-order valence-electron chi connectivity index (χ2n) is 18.4. The molecule has 1 saturated carbocycles. The molecule has 0 bridgehead atoms. The van der Waals surface area contributed by atoms with E-state index < -0.39 is 8.07 Å². The third-order valence-corrected chi connectivity index (χ3v) is 20.0. The molecule has 3 aliphatic carbocycles. The predicted octanol–water partition coefficient (Wildman–Crippen LogP) is 13.4. The minimum Gasteiger partial charge on any atom is -0.0680 e. The third-order valence-electron chi connectivity index (χ3n) is 13.2. The Morgan fingerprint density at radius 2 is 0.917 bits per heavy atom. The minimum atomic E-state index is -1.93. The molecular weight excluding hydrogens is 593 g/mol. The van der Waals surface area contributed by atoms with Gasteiger partial charge in [-0.3, -0.25) is 0 Å². The van der Waals surface area contributed by atoms with Gasteiger partial charge in [-0.15, -0.1) is 0 Å². The molecule has 2 unspecified atom stereocenters. The fourth-order valence-electron chi connectivity index (χ4n) is 10.9. The lowest BCUT2D eigenvalue weighted by Crippen LogP contribution is -2.52. The summed E-state index contributed by atoms with van der Waals surface area (Å²) in [6.07, 6.45) is 9.62. The van der Waals surface area contributed by atoms with Crippen molar-refractivity contribution < 1.29 is 0 Å². The molecular formula is C47H60Si. The molecule has 0 saturated heterocycles. The molecule has 0 spiro atoms. The van der Waals surface area contributed by atoms with Gasteiger partial charge in [-0.2, -0.15) is 0 Å². The summed E-state index contributed by atoms with van der Waals surface area (Å²) in [6, 6.07) is 33.9. The van der Waals surface area contributed by atoms with Crippen LogP contribution in [0.4, 0.5) is 0 Å². The summed E-state index contributed by atoms with van der Waals surface area (Å²) in [4.78, 5) is 0. The zero-order valence-corrected chi connectivity index (χ0v) is 32.4. The lowest BCUT2D eigenvalue weighted by atomic mass is 9.85. The highest BCUT2D eigenvalue weighted by molar-refractivity contribution is 6.83. The second kappa shape index (κ2) is 12.5. The van der Waals surface area contributed by atoms with E-state index in [1.165, 1.54) is 78.3 Å². The molecule has 3 aliphatic rings. The SMILES string of the molecule is C[C@H]1Cc2c(-c3ccc(C(C)(C)C)cc3)cccc2C1[Si](C)(C1CCCCC1)C1c2cccc(-c3ccc(C(C)(C)C)cc3)c2C[C@@H]1C. The van der Waals surface area contributed by atoms with E-state index in [1.54, 1.807) is 22.3 Å². The van der Waals surface area contributed by atoms with E-state index in [0.717, 1.165) is 5.54 Å². The van der Waals surface area contributed by atoms with E-state index in [0.29, 0.717) is 22.9 Å². The molecule has 0 nitrogen and oxygen atoms in total. The lowest BCUT2D eigenvalue weighted by molar-refractivity contribution is 0.454. The summed E-state index contributed by atoms with van der Waals surface area (Å²) in [5.74, 6) is 1.39. The molecule has 0 N–H and O–H groups in total. The van der Waals surface area contributed by atoms with Crippen molar-refractivity contribution in [2.45, 2.75) is 134 Å². The largest absolute Gasteiger partial charge is 0.0694 e. The normalized spacial score (nSPS) is 24.3. The van der Waals surface area contributed by atoms with Gasteiger partial charge in [-0.05, 0) is 108 Å². The van der Waals surface area contributed by atoms with Gasteiger partial charge < -0.3 is 0 Å². The van der Waals surface area contributed by atoms with Crippen molar-refractivity contribution in [1.82, 2.24) is 0 Å². The first-order chi connectivity index (χ1) is 22.8. The van der Waals surface area contributed by atoms with Crippen molar-refractivity contribution in [3.05, 3.63) is 118 Å². The van der Waals surface area contributed by atoms with Crippen LogP contribution < -0.4 is 0 Å². The van der Waals surface area contributed by atoms with Crippen LogP contribution in [-0.4, -0.2) is 8.07 Å². The van der Waals surface area contributed by atoms with Gasteiger partial charge >= 0.3 is 0 Å². The van der Waals surface area contributed by atoms with Crippen LogP contribution in [0, 0.1) is 11.8 Å². The van der Waals surface area contributed by atoms with Crippen LogP contribution in [0.25, 0.3) is 22.3 Å². The Morgan fingerprint density at radius 3 is 1.29 bits per heavy atom. The van der Waals surface area contributed by atoms with E-state index in [1.807, 2.05) is 0 Å². The van der Waals surface area contributed by atoms with Crippen molar-refractivity contribution in [3.63, 3.8) is 0 Å². The van der Waals surface area contributed by atoms with Crippen LogP contribution in [0.15, 0.2) is 84.9 Å². The van der Waals surface area contributed by atoms with Gasteiger partial charge in [0.1, 0.15) is 0 Å². The fourth-order valence-corrected chi connectivity index (χ4v) is 18.5. The summed E-state index contributed by atoms with van der Waals surface area (Å²) in [7, 11) is -1.93. The number of hydrogen-bond donors (Lipinski definition) is 0. The Hall–Kier alpha value is -2.90. The molecule has 252 valence electrons. The Morgan fingerprint density at radius 1 is 0.521 bits per heavy atom. The maximum atomic E-state index is 2.91. The van der Waals surface area contributed by atoms with Crippen LogP contribution in [-0.2, 0) is 23.7 Å². The summed E-state index contributed by atoms with van der Waals surface area (Å²) >= 11 is 0. The Kier molecular flexibility index (Phi) is 8.71. The average molecular weight is 653 g/mol. The Bertz CT molecular complexity index is 1630. The number of rotatable bonds is 5. The van der Waals surface area contributed by atoms with E-state index in [9.17, 15) is 0 Å². The standard InChI is InChI=1S/C47H60Si/c1-31-29-42-38(33-21-25-35(26-22-33)46(3,4)5)17-13-19-40(42)44(31)48(9,37-15-11-10-12-16-37)45-32(2)30-43-39(18-14-20-41(43)45)34-23-27-36(28-24-34)47(6,7)8/h13-14,17-28,31-32,37,44-45H,10-12,15-16,29-30H2,1-9H3/t31-,32-,44?,45?,48?/m0/s1. The second-order valence-corrected chi connectivity index (χ2v) is 23.2. The maximum Gasteiger partial charge on any atom is 0.0694 e. The summed E-state index contributed by atoms with van der Waals surface area (Å²) < 4.78 is 0. The van der Waals surface area contributed by atoms with Gasteiger partial charge in [0.2, 0.25) is 0 Å². The molecule has 1 heteroatoms. The van der Waals surface area contributed by atoms with E-state index >= 15 is 0 Å². The predicted molar refractivity (Wildman–Crippen MR) is 211 cm³/mol. The van der Waals surface area contributed by atoms with Gasteiger partial charge in [0.05, 0.1) is 8.07 Å². The molecule has 4 aromatic rings. The zero-order chi connectivity index (χ0) is 34.0. The highest BCUT2D eigenvalue weighted by Gasteiger charge is 2.57. The lowest BCUT2D eigenvalue weighted by Gasteiger charge is -2.50. The Balaban J connectivity index is 1.33. The smallest absolute Gasteiger partial charge is 0.0680 e. The van der Waals surface area contributed by atoms with E-state index in [2.05, 4.69) is 147 Å². The van der Waals surface area contributed by atoms with Gasteiger partial charge in [0.25, 0.3) is 0 Å². The average Bonchev–Trinajstić information content (AvgIpc) is 3.60. The zero-order valence-electron chi connectivity index (χ0n) is 31.4. The third kappa shape index (κ3) is 5.77. The first-order valence-electron chi connectivity index (χ1n) is 19.2. The molecule has 0 aliphatic heterocycles. The molecule has 4 aromatic carbocycles. The molecule has 4 atom stereocenters. The first kappa shape index (κ1) is 33.6. The van der Waals surface area contributed by atoms with Crippen molar-refractivity contribution in [2.24, 2.45) is 11.8 Å². The quantitative estimate of drug-likeness (QED) is 0.188. The highest BCUT2D eigenvalue weighted by Crippen LogP contribution is 2.61. The van der Waals surface area contributed by atoms with Crippen LogP contribution in [0.5, 0.6) is 0 Å². The van der Waals surface area contributed by atoms with Gasteiger partial charge in [0.15, 0.2) is 0 Å². The van der Waals surface area contributed by atoms with Gasteiger partial charge in [-0.1, -0.05) is 179 Å². The van der Waals surface area contributed by atoms with Crippen molar-refractivity contribution >= 4 is 8.07 Å². The van der Waals surface area contributed by atoms with Crippen molar-refractivity contribution in [2.75, 3.05) is 0 Å². The van der Waals surface area contributed by atoms with Crippen molar-refractivity contribution in [3.8, 4) is 22.3 Å². The molecule has 1 fully saturated rings. The number of fused-ring (bicyclic) bond motifs is 2. The van der Waals surface area contributed by atoms with Crippen LogP contribution in [0.1, 0.15) is 132 Å². The van der Waals surface area contributed by atoms with Gasteiger partial charge in [-0.25, -0.2) is 0 Å². The molecule has 0 heterocycles. The number of hydrogen-bond acceptors (Lipinski definition) is 0. The van der Waals surface area contributed by atoms with E-state index in [4.69, 9.17) is 0 Å².